The number of piperidine rings is 1. The lowest BCUT2D eigenvalue weighted by Gasteiger charge is -2.30. The molecule has 2 amide bonds. The van der Waals surface area contributed by atoms with Gasteiger partial charge in [-0.3, -0.25) is 4.79 Å². The molecule has 1 N–H and O–H groups in total. The lowest BCUT2D eigenvalue weighted by atomic mass is 9.97. The van der Waals surface area contributed by atoms with E-state index < -0.39 is 11.7 Å². The second-order valence-electron chi connectivity index (χ2n) is 5.87. The first-order valence-electron chi connectivity index (χ1n) is 8.16. The molecular formula is C17H21F3N2O3. The zero-order valence-electron chi connectivity index (χ0n) is 13.9. The van der Waals surface area contributed by atoms with Crippen molar-refractivity contribution in [1.29, 1.82) is 0 Å². The molecule has 0 bridgehead atoms. The van der Waals surface area contributed by atoms with E-state index in [2.05, 4.69) is 5.32 Å². The number of carbonyl (C=O) groups is 2. The van der Waals surface area contributed by atoms with Gasteiger partial charge in [-0.1, -0.05) is 12.1 Å². The van der Waals surface area contributed by atoms with Crippen molar-refractivity contribution in [3.63, 3.8) is 0 Å². The minimum atomic E-state index is -4.37. The van der Waals surface area contributed by atoms with Gasteiger partial charge in [-0.25, -0.2) is 4.79 Å². The number of esters is 1. The van der Waals surface area contributed by atoms with Crippen molar-refractivity contribution < 1.29 is 27.5 Å². The van der Waals surface area contributed by atoms with Gasteiger partial charge < -0.3 is 15.0 Å². The normalized spacial score (nSPS) is 15.8. The van der Waals surface area contributed by atoms with Crippen molar-refractivity contribution in [2.75, 3.05) is 19.7 Å². The van der Waals surface area contributed by atoms with Crippen molar-refractivity contribution in [3.8, 4) is 0 Å². The smallest absolute Gasteiger partial charge is 0.416 e. The summed E-state index contributed by atoms with van der Waals surface area (Å²) in [6.07, 6.45) is -3.27. The molecule has 2 rings (SSSR count). The number of amides is 2. The predicted molar refractivity (Wildman–Crippen MR) is 84.6 cm³/mol. The van der Waals surface area contributed by atoms with E-state index in [9.17, 15) is 22.8 Å². The van der Waals surface area contributed by atoms with E-state index in [-0.39, 0.29) is 24.5 Å². The Kier molecular flexibility index (Phi) is 6.27. The van der Waals surface area contributed by atoms with E-state index in [1.54, 1.807) is 11.8 Å². The highest BCUT2D eigenvalue weighted by Gasteiger charge is 2.30. The Morgan fingerprint density at radius 3 is 2.32 bits per heavy atom. The van der Waals surface area contributed by atoms with Crippen LogP contribution in [-0.2, 0) is 22.3 Å². The number of benzene rings is 1. The van der Waals surface area contributed by atoms with E-state index in [1.807, 2.05) is 0 Å². The van der Waals surface area contributed by atoms with Crippen LogP contribution in [0.15, 0.2) is 24.3 Å². The predicted octanol–water partition coefficient (Wildman–Crippen LogP) is 3.19. The Morgan fingerprint density at radius 2 is 1.80 bits per heavy atom. The second kappa shape index (κ2) is 8.22. The number of nitrogens with one attached hydrogen (secondary N) is 1. The molecule has 1 aromatic rings. The number of nitrogens with zero attached hydrogens (tertiary/aromatic N) is 1. The third kappa shape index (κ3) is 5.37. The molecule has 1 aliphatic heterocycles. The molecule has 8 heteroatoms. The quantitative estimate of drug-likeness (QED) is 0.841. The molecule has 1 fully saturated rings. The maximum atomic E-state index is 12.5. The fourth-order valence-electron chi connectivity index (χ4n) is 2.68. The van der Waals surface area contributed by atoms with E-state index in [1.165, 1.54) is 12.1 Å². The number of urea groups is 1. The third-order valence-corrected chi connectivity index (χ3v) is 4.13. The molecule has 0 radical (unpaired) electrons. The number of halogens is 3. The highest BCUT2D eigenvalue weighted by Crippen LogP contribution is 2.29. The molecule has 1 aromatic carbocycles. The van der Waals surface area contributed by atoms with Crippen LogP contribution in [0.5, 0.6) is 0 Å². The van der Waals surface area contributed by atoms with Gasteiger partial charge in [-0.2, -0.15) is 13.2 Å². The highest BCUT2D eigenvalue weighted by atomic mass is 19.4. The topological polar surface area (TPSA) is 58.6 Å². The van der Waals surface area contributed by atoms with Crippen molar-refractivity contribution in [2.24, 2.45) is 5.92 Å². The Balaban J connectivity index is 1.78. The minimum absolute atomic E-state index is 0.148. The molecule has 5 nitrogen and oxygen atoms in total. The summed E-state index contributed by atoms with van der Waals surface area (Å²) in [6, 6.07) is 4.38. The van der Waals surface area contributed by atoms with Gasteiger partial charge in [0.25, 0.3) is 0 Å². The van der Waals surface area contributed by atoms with Crippen LogP contribution < -0.4 is 5.32 Å². The van der Waals surface area contributed by atoms with Crippen LogP contribution in [0.4, 0.5) is 18.0 Å². The van der Waals surface area contributed by atoms with E-state index >= 15 is 0 Å². The lowest BCUT2D eigenvalue weighted by Crippen LogP contribution is -2.45. The minimum Gasteiger partial charge on any atom is -0.466 e. The lowest BCUT2D eigenvalue weighted by molar-refractivity contribution is -0.149. The third-order valence-electron chi connectivity index (χ3n) is 4.13. The monoisotopic (exact) mass is 358 g/mol. The number of alkyl halides is 3. The largest absolute Gasteiger partial charge is 0.466 e. The van der Waals surface area contributed by atoms with Crippen LogP contribution >= 0.6 is 0 Å². The Hall–Kier alpha value is -2.25. The van der Waals surface area contributed by atoms with Gasteiger partial charge >= 0.3 is 18.2 Å². The van der Waals surface area contributed by atoms with Crippen LogP contribution in [0.1, 0.15) is 30.9 Å². The number of hydrogen-bond acceptors (Lipinski definition) is 3. The summed E-state index contributed by atoms with van der Waals surface area (Å²) in [7, 11) is 0. The van der Waals surface area contributed by atoms with Crippen LogP contribution in [0.3, 0.4) is 0 Å². The molecule has 0 saturated carbocycles. The molecule has 0 unspecified atom stereocenters. The Labute approximate surface area is 144 Å². The fraction of sp³-hybridized carbons (Fsp3) is 0.529. The second-order valence-corrected chi connectivity index (χ2v) is 5.87. The van der Waals surface area contributed by atoms with Gasteiger partial charge in [0.1, 0.15) is 0 Å². The molecule has 25 heavy (non-hydrogen) atoms. The summed E-state index contributed by atoms with van der Waals surface area (Å²) in [5.41, 5.74) is -0.133. The van der Waals surface area contributed by atoms with Gasteiger partial charge in [0.15, 0.2) is 0 Å². The van der Waals surface area contributed by atoms with Gasteiger partial charge in [-0.05, 0) is 37.5 Å². The molecule has 0 aliphatic carbocycles. The molecular weight excluding hydrogens is 337 g/mol. The first-order chi connectivity index (χ1) is 11.8. The van der Waals surface area contributed by atoms with Gasteiger partial charge in [-0.15, -0.1) is 0 Å². The van der Waals surface area contributed by atoms with E-state index in [4.69, 9.17) is 4.74 Å². The number of carbonyl (C=O) groups excluding carboxylic acids is 2. The number of ether oxygens (including phenoxy) is 1. The van der Waals surface area contributed by atoms with Crippen molar-refractivity contribution in [1.82, 2.24) is 10.2 Å². The highest BCUT2D eigenvalue weighted by molar-refractivity contribution is 5.76. The van der Waals surface area contributed by atoms with Gasteiger partial charge in [0, 0.05) is 19.6 Å². The summed E-state index contributed by atoms with van der Waals surface area (Å²) < 4.78 is 42.5. The van der Waals surface area contributed by atoms with Crippen molar-refractivity contribution in [2.45, 2.75) is 32.5 Å². The molecule has 138 valence electrons. The molecule has 1 heterocycles. The Morgan fingerprint density at radius 1 is 1.20 bits per heavy atom. The summed E-state index contributed by atoms with van der Waals surface area (Å²) >= 11 is 0. The molecule has 0 atom stereocenters. The zero-order valence-corrected chi connectivity index (χ0v) is 13.9. The maximum absolute atomic E-state index is 12.5. The molecule has 0 spiro atoms. The summed E-state index contributed by atoms with van der Waals surface area (Å²) in [4.78, 5) is 25.4. The summed E-state index contributed by atoms with van der Waals surface area (Å²) in [5.74, 6) is -0.411. The van der Waals surface area contributed by atoms with Crippen molar-refractivity contribution in [3.05, 3.63) is 35.4 Å². The Bertz CT molecular complexity index is 594. The summed E-state index contributed by atoms with van der Waals surface area (Å²) in [5, 5.41) is 2.69. The maximum Gasteiger partial charge on any atom is 0.416 e. The molecule has 1 saturated heterocycles. The number of rotatable bonds is 4. The number of hydrogen-bond donors (Lipinski definition) is 1. The van der Waals surface area contributed by atoms with Gasteiger partial charge in [0.05, 0.1) is 18.1 Å². The van der Waals surface area contributed by atoms with Crippen LogP contribution in [0.25, 0.3) is 0 Å². The van der Waals surface area contributed by atoms with Crippen LogP contribution in [0.2, 0.25) is 0 Å². The standard InChI is InChI=1S/C17H21F3N2O3/c1-2-25-15(23)13-7-9-22(10-8-13)16(24)21-11-12-3-5-14(6-4-12)17(18,19)20/h3-6,13H,2,7-11H2,1H3,(H,21,24). The van der Waals surface area contributed by atoms with Crippen LogP contribution in [-0.4, -0.2) is 36.6 Å². The van der Waals surface area contributed by atoms with Gasteiger partial charge in [0.2, 0.25) is 0 Å². The fourth-order valence-corrected chi connectivity index (χ4v) is 2.68. The average molecular weight is 358 g/mol. The van der Waals surface area contributed by atoms with Crippen molar-refractivity contribution >= 4 is 12.0 Å². The van der Waals surface area contributed by atoms with E-state index in [0.29, 0.717) is 38.1 Å². The van der Waals surface area contributed by atoms with E-state index in [0.717, 1.165) is 12.1 Å². The van der Waals surface area contributed by atoms with Crippen LogP contribution in [0, 0.1) is 5.92 Å². The molecule has 1 aliphatic rings. The summed E-state index contributed by atoms with van der Waals surface area (Å²) in [6.45, 7) is 3.13. The molecule has 0 aromatic heterocycles. The number of likely N-dealkylation sites (tertiary alicyclic amines) is 1. The zero-order chi connectivity index (χ0) is 18.4. The first-order valence-corrected chi connectivity index (χ1v) is 8.16. The first kappa shape index (κ1) is 19.1. The SMILES string of the molecule is CCOC(=O)C1CCN(C(=O)NCc2ccc(C(F)(F)F)cc2)CC1. The average Bonchev–Trinajstić information content (AvgIpc) is 2.59.